The number of rotatable bonds is 10. The van der Waals surface area contributed by atoms with Crippen molar-refractivity contribution in [3.63, 3.8) is 0 Å². The van der Waals surface area contributed by atoms with E-state index in [1.807, 2.05) is 13.0 Å². The van der Waals surface area contributed by atoms with Gasteiger partial charge in [0, 0.05) is 0 Å². The summed E-state index contributed by atoms with van der Waals surface area (Å²) in [5.41, 5.74) is 3.18. The van der Waals surface area contributed by atoms with Gasteiger partial charge in [-0.25, -0.2) is 0 Å². The van der Waals surface area contributed by atoms with Crippen LogP contribution in [0.3, 0.4) is 0 Å². The molecular formula is C29H37NO2. The molecule has 0 amide bonds. The highest BCUT2D eigenvalue weighted by atomic mass is 16.5. The summed E-state index contributed by atoms with van der Waals surface area (Å²) >= 11 is 0. The summed E-state index contributed by atoms with van der Waals surface area (Å²) < 4.78 is 5.87. The normalized spacial score (nSPS) is 15.2. The quantitative estimate of drug-likeness (QED) is 0.221. The Bertz CT molecular complexity index is 917. The Morgan fingerprint density at radius 1 is 0.969 bits per heavy atom. The number of nitrogens with zero attached hydrogens (tertiary/aromatic N) is 1. The molecule has 3 rings (SSSR count). The Morgan fingerprint density at radius 2 is 1.66 bits per heavy atom. The Morgan fingerprint density at radius 3 is 2.34 bits per heavy atom. The van der Waals surface area contributed by atoms with Crippen LogP contribution >= 0.6 is 0 Å². The SMILES string of the molecule is CCCCCCCCc1ccc(C2(C(=O)Oc3ccc(C)cc3C#N)CCCCC2)cc1. The van der Waals surface area contributed by atoms with Gasteiger partial charge >= 0.3 is 5.97 Å². The summed E-state index contributed by atoms with van der Waals surface area (Å²) in [7, 11) is 0. The summed E-state index contributed by atoms with van der Waals surface area (Å²) in [5, 5.41) is 9.47. The molecule has 0 atom stereocenters. The molecule has 32 heavy (non-hydrogen) atoms. The number of ether oxygens (including phenoxy) is 1. The lowest BCUT2D eigenvalue weighted by Crippen LogP contribution is -2.41. The smallest absolute Gasteiger partial charge is 0.321 e. The molecule has 0 unspecified atom stereocenters. The number of nitriles is 1. The molecule has 0 radical (unpaired) electrons. The molecular weight excluding hydrogens is 394 g/mol. The van der Waals surface area contributed by atoms with Crippen LogP contribution in [0.4, 0.5) is 0 Å². The largest absolute Gasteiger partial charge is 0.424 e. The minimum absolute atomic E-state index is 0.221. The van der Waals surface area contributed by atoms with E-state index in [1.54, 1.807) is 12.1 Å². The van der Waals surface area contributed by atoms with Gasteiger partial charge in [-0.05, 0) is 61.4 Å². The van der Waals surface area contributed by atoms with Gasteiger partial charge in [-0.2, -0.15) is 5.26 Å². The molecule has 1 aliphatic rings. The van der Waals surface area contributed by atoms with E-state index in [0.29, 0.717) is 11.3 Å². The van der Waals surface area contributed by atoms with E-state index < -0.39 is 5.41 Å². The maximum absolute atomic E-state index is 13.5. The molecule has 3 heteroatoms. The predicted octanol–water partition coefficient (Wildman–Crippen LogP) is 7.58. The van der Waals surface area contributed by atoms with E-state index in [4.69, 9.17) is 4.74 Å². The number of hydrogen-bond acceptors (Lipinski definition) is 3. The molecule has 0 N–H and O–H groups in total. The number of carbonyl (C=O) groups is 1. The van der Waals surface area contributed by atoms with Crippen LogP contribution in [0.25, 0.3) is 0 Å². The summed E-state index contributed by atoms with van der Waals surface area (Å²) in [6.45, 7) is 4.18. The fourth-order valence-corrected chi connectivity index (χ4v) is 4.88. The molecule has 0 aliphatic heterocycles. The third kappa shape index (κ3) is 6.00. The molecule has 0 saturated heterocycles. The maximum Gasteiger partial charge on any atom is 0.321 e. The number of aryl methyl sites for hydroxylation is 2. The van der Waals surface area contributed by atoms with Gasteiger partial charge in [0.15, 0.2) is 0 Å². The van der Waals surface area contributed by atoms with Crippen LogP contribution in [0.2, 0.25) is 0 Å². The zero-order valence-corrected chi connectivity index (χ0v) is 19.8. The van der Waals surface area contributed by atoms with Crippen LogP contribution in [0.15, 0.2) is 42.5 Å². The number of unbranched alkanes of at least 4 members (excludes halogenated alkanes) is 5. The van der Waals surface area contributed by atoms with E-state index in [0.717, 1.165) is 49.7 Å². The van der Waals surface area contributed by atoms with Crippen molar-refractivity contribution in [1.82, 2.24) is 0 Å². The van der Waals surface area contributed by atoms with Crippen molar-refractivity contribution in [3.05, 3.63) is 64.7 Å². The van der Waals surface area contributed by atoms with Crippen molar-refractivity contribution in [2.24, 2.45) is 0 Å². The number of benzene rings is 2. The Balaban J connectivity index is 1.71. The highest BCUT2D eigenvalue weighted by Gasteiger charge is 2.43. The molecule has 1 saturated carbocycles. The Kier molecular flexibility index (Phi) is 8.91. The first-order chi connectivity index (χ1) is 15.6. The maximum atomic E-state index is 13.5. The first-order valence-corrected chi connectivity index (χ1v) is 12.4. The Hall–Kier alpha value is -2.60. The van der Waals surface area contributed by atoms with Crippen molar-refractivity contribution in [2.75, 3.05) is 0 Å². The molecule has 0 heterocycles. The molecule has 3 nitrogen and oxygen atoms in total. The highest BCUT2D eigenvalue weighted by molar-refractivity contribution is 5.85. The van der Waals surface area contributed by atoms with Crippen molar-refractivity contribution < 1.29 is 9.53 Å². The predicted molar refractivity (Wildman–Crippen MR) is 130 cm³/mol. The summed E-state index contributed by atoms with van der Waals surface area (Å²) in [6.07, 6.45) is 13.7. The van der Waals surface area contributed by atoms with Crippen molar-refractivity contribution in [1.29, 1.82) is 5.26 Å². The summed E-state index contributed by atoms with van der Waals surface area (Å²) in [6, 6.07) is 16.2. The van der Waals surface area contributed by atoms with Gasteiger partial charge in [-0.1, -0.05) is 88.6 Å². The minimum Gasteiger partial charge on any atom is -0.424 e. The second-order valence-electron chi connectivity index (χ2n) is 9.36. The van der Waals surface area contributed by atoms with Gasteiger partial charge in [-0.3, -0.25) is 4.79 Å². The topological polar surface area (TPSA) is 50.1 Å². The molecule has 0 aromatic heterocycles. The van der Waals surface area contributed by atoms with E-state index in [2.05, 4.69) is 37.3 Å². The average molecular weight is 432 g/mol. The van der Waals surface area contributed by atoms with Gasteiger partial charge in [0.1, 0.15) is 11.8 Å². The zero-order valence-electron chi connectivity index (χ0n) is 19.8. The zero-order chi connectivity index (χ0) is 22.8. The lowest BCUT2D eigenvalue weighted by Gasteiger charge is -2.35. The van der Waals surface area contributed by atoms with E-state index in [1.165, 1.54) is 44.1 Å². The number of hydrogen-bond donors (Lipinski definition) is 0. The van der Waals surface area contributed by atoms with Crippen LogP contribution in [-0.4, -0.2) is 5.97 Å². The Labute approximate surface area is 193 Å². The summed E-state index contributed by atoms with van der Waals surface area (Å²) in [4.78, 5) is 13.5. The van der Waals surface area contributed by atoms with Crippen molar-refractivity contribution >= 4 is 5.97 Å². The third-order valence-corrected chi connectivity index (χ3v) is 6.88. The van der Waals surface area contributed by atoms with Gasteiger partial charge in [-0.15, -0.1) is 0 Å². The van der Waals surface area contributed by atoms with Crippen LogP contribution in [0.5, 0.6) is 5.75 Å². The van der Waals surface area contributed by atoms with E-state index in [9.17, 15) is 10.1 Å². The van der Waals surface area contributed by atoms with Crippen LogP contribution < -0.4 is 4.74 Å². The molecule has 2 aromatic rings. The van der Waals surface area contributed by atoms with Crippen molar-refractivity contribution in [2.45, 2.75) is 96.3 Å². The molecule has 1 aliphatic carbocycles. The molecule has 170 valence electrons. The van der Waals surface area contributed by atoms with Gasteiger partial charge in [0.2, 0.25) is 0 Å². The van der Waals surface area contributed by atoms with Gasteiger partial charge in [0.25, 0.3) is 0 Å². The first-order valence-electron chi connectivity index (χ1n) is 12.4. The first kappa shape index (κ1) is 24.1. The molecule has 0 spiro atoms. The van der Waals surface area contributed by atoms with Crippen LogP contribution in [0, 0.1) is 18.3 Å². The van der Waals surface area contributed by atoms with E-state index >= 15 is 0 Å². The lowest BCUT2D eigenvalue weighted by molar-refractivity contribution is -0.142. The monoisotopic (exact) mass is 431 g/mol. The highest BCUT2D eigenvalue weighted by Crippen LogP contribution is 2.41. The average Bonchev–Trinajstić information content (AvgIpc) is 2.83. The number of carbonyl (C=O) groups excluding carboxylic acids is 1. The van der Waals surface area contributed by atoms with E-state index in [-0.39, 0.29) is 5.97 Å². The molecule has 2 aromatic carbocycles. The molecule has 0 bridgehead atoms. The molecule has 1 fully saturated rings. The lowest BCUT2D eigenvalue weighted by atomic mass is 9.69. The fourth-order valence-electron chi connectivity index (χ4n) is 4.88. The minimum atomic E-state index is -0.617. The van der Waals surface area contributed by atoms with Crippen LogP contribution in [0.1, 0.15) is 99.8 Å². The van der Waals surface area contributed by atoms with Gasteiger partial charge in [0.05, 0.1) is 11.0 Å². The van der Waals surface area contributed by atoms with Gasteiger partial charge < -0.3 is 4.74 Å². The third-order valence-electron chi connectivity index (χ3n) is 6.88. The number of esters is 1. The summed E-state index contributed by atoms with van der Waals surface area (Å²) in [5.74, 6) is 0.147. The van der Waals surface area contributed by atoms with Crippen molar-refractivity contribution in [3.8, 4) is 11.8 Å². The standard InChI is InChI=1S/C29H37NO2/c1-3-4-5-6-7-9-12-24-14-16-26(17-15-24)29(19-10-8-11-20-29)28(31)32-27-18-13-23(2)21-25(27)22-30/h13-18,21H,3-12,19-20H2,1-2H3. The second kappa shape index (κ2) is 11.9. The fraction of sp³-hybridized carbons (Fsp3) is 0.517. The second-order valence-corrected chi connectivity index (χ2v) is 9.36. The van der Waals surface area contributed by atoms with Crippen LogP contribution in [-0.2, 0) is 16.6 Å².